The summed E-state index contributed by atoms with van der Waals surface area (Å²) in [7, 11) is 4.52. The summed E-state index contributed by atoms with van der Waals surface area (Å²) in [6, 6.07) is 8.72. The first-order chi connectivity index (χ1) is 15.4. The predicted molar refractivity (Wildman–Crippen MR) is 129 cm³/mol. The number of nitrogens with zero attached hydrogens (tertiary/aromatic N) is 2. The first kappa shape index (κ1) is 24.2. The van der Waals surface area contributed by atoms with Crippen molar-refractivity contribution in [1.82, 2.24) is 4.57 Å². The summed E-state index contributed by atoms with van der Waals surface area (Å²) in [5.74, 6) is 0.800. The molecular weight excluding hydrogens is 471 g/mol. The number of hydrogen-bond acceptors (Lipinski definition) is 5. The van der Waals surface area contributed by atoms with Gasteiger partial charge in [-0.05, 0) is 37.6 Å². The Hall–Kier alpha value is -2.48. The number of halogens is 2. The normalized spacial score (nSPS) is 11.5. The molecule has 0 aliphatic rings. The van der Waals surface area contributed by atoms with Gasteiger partial charge in [-0.3, -0.25) is 4.79 Å². The summed E-state index contributed by atoms with van der Waals surface area (Å²) >= 11 is 13.8. The van der Waals surface area contributed by atoms with E-state index in [1.165, 1.54) is 32.7 Å². The van der Waals surface area contributed by atoms with E-state index < -0.39 is 5.91 Å². The molecule has 0 unspecified atom stereocenters. The van der Waals surface area contributed by atoms with E-state index in [4.69, 9.17) is 37.4 Å². The maximum absolute atomic E-state index is 13.1. The molecule has 3 aromatic rings. The van der Waals surface area contributed by atoms with Crippen LogP contribution in [0.5, 0.6) is 17.2 Å². The van der Waals surface area contributed by atoms with Crippen LogP contribution >= 0.6 is 34.5 Å². The minimum absolute atomic E-state index is 0.338. The molecule has 170 valence electrons. The molecule has 2 aromatic carbocycles. The number of carbonyl (C=O) groups is 1. The van der Waals surface area contributed by atoms with Crippen LogP contribution in [0, 0.1) is 0 Å². The van der Waals surface area contributed by atoms with Crippen molar-refractivity contribution in [2.24, 2.45) is 4.99 Å². The van der Waals surface area contributed by atoms with Gasteiger partial charge in [0.1, 0.15) is 0 Å². The molecule has 3 rings (SSSR count). The SMILES string of the molecule is CCc1sc(=NC(=O)c2cc(OC)c(OC)c(OC)c2)n(CC)c1-c1ccc(Cl)c(Cl)c1. The number of hydrogen-bond donors (Lipinski definition) is 0. The van der Waals surface area contributed by atoms with E-state index in [-0.39, 0.29) is 0 Å². The van der Waals surface area contributed by atoms with Crippen LogP contribution in [0.4, 0.5) is 0 Å². The first-order valence-electron chi connectivity index (χ1n) is 9.95. The average molecular weight is 495 g/mol. The first-order valence-corrected chi connectivity index (χ1v) is 11.5. The van der Waals surface area contributed by atoms with E-state index in [0.29, 0.717) is 44.2 Å². The summed E-state index contributed by atoms with van der Waals surface area (Å²) in [5.41, 5.74) is 2.25. The Morgan fingerprint density at radius 3 is 2.16 bits per heavy atom. The van der Waals surface area contributed by atoms with E-state index in [0.717, 1.165) is 22.6 Å². The fourth-order valence-electron chi connectivity index (χ4n) is 3.39. The molecule has 32 heavy (non-hydrogen) atoms. The lowest BCUT2D eigenvalue weighted by Crippen LogP contribution is -2.17. The van der Waals surface area contributed by atoms with Crippen LogP contribution in [-0.4, -0.2) is 31.8 Å². The van der Waals surface area contributed by atoms with Crippen LogP contribution < -0.4 is 19.0 Å². The van der Waals surface area contributed by atoms with Crippen LogP contribution in [0.3, 0.4) is 0 Å². The monoisotopic (exact) mass is 494 g/mol. The molecule has 0 bridgehead atoms. The second kappa shape index (κ2) is 10.4. The van der Waals surface area contributed by atoms with Crippen molar-refractivity contribution < 1.29 is 19.0 Å². The van der Waals surface area contributed by atoms with Gasteiger partial charge in [0, 0.05) is 22.5 Å². The smallest absolute Gasteiger partial charge is 0.279 e. The summed E-state index contributed by atoms with van der Waals surface area (Å²) in [6.45, 7) is 4.71. The summed E-state index contributed by atoms with van der Waals surface area (Å²) in [5, 5.41) is 0.973. The Morgan fingerprint density at radius 2 is 1.66 bits per heavy atom. The van der Waals surface area contributed by atoms with Crippen LogP contribution in [0.25, 0.3) is 11.3 Å². The third-order valence-corrected chi connectivity index (χ3v) is 6.88. The molecule has 0 fully saturated rings. The number of methoxy groups -OCH3 is 3. The zero-order chi connectivity index (χ0) is 23.4. The average Bonchev–Trinajstić information content (AvgIpc) is 3.16. The molecule has 1 heterocycles. The van der Waals surface area contributed by atoms with Gasteiger partial charge in [-0.25, -0.2) is 0 Å². The molecule has 6 nitrogen and oxygen atoms in total. The highest BCUT2D eigenvalue weighted by atomic mass is 35.5. The molecule has 0 saturated carbocycles. The Labute approximate surface area is 201 Å². The van der Waals surface area contributed by atoms with Gasteiger partial charge >= 0.3 is 0 Å². The number of amides is 1. The van der Waals surface area contributed by atoms with E-state index in [1.54, 1.807) is 18.2 Å². The molecule has 0 saturated heterocycles. The van der Waals surface area contributed by atoms with Gasteiger partial charge in [0.25, 0.3) is 5.91 Å². The van der Waals surface area contributed by atoms with Crippen LogP contribution in [-0.2, 0) is 13.0 Å². The molecule has 9 heteroatoms. The Balaban J connectivity index is 2.16. The lowest BCUT2D eigenvalue weighted by atomic mass is 10.1. The van der Waals surface area contributed by atoms with Gasteiger partial charge in [-0.2, -0.15) is 4.99 Å². The second-order valence-electron chi connectivity index (χ2n) is 6.71. The van der Waals surface area contributed by atoms with Crippen LogP contribution in [0.2, 0.25) is 10.0 Å². The molecule has 1 amide bonds. The third-order valence-electron chi connectivity index (χ3n) is 4.92. The zero-order valence-corrected chi connectivity index (χ0v) is 20.8. The van der Waals surface area contributed by atoms with E-state index >= 15 is 0 Å². The predicted octanol–water partition coefficient (Wildman–Crippen LogP) is 5.87. The quantitative estimate of drug-likeness (QED) is 0.411. The lowest BCUT2D eigenvalue weighted by Gasteiger charge is -2.13. The number of aromatic nitrogens is 1. The highest BCUT2D eigenvalue weighted by Crippen LogP contribution is 2.38. The molecular formula is C23H24Cl2N2O4S. The van der Waals surface area contributed by atoms with Crippen LogP contribution in [0.15, 0.2) is 35.3 Å². The standard InChI is InChI=1S/C23H24Cl2N2O4S/c1-6-19-20(13-8-9-15(24)16(25)10-13)27(7-2)23(32-19)26-22(28)14-11-17(29-3)21(31-5)18(12-14)30-4/h8-12H,6-7H2,1-5H3. The van der Waals surface area contributed by atoms with Gasteiger partial charge in [0.2, 0.25) is 5.75 Å². The third kappa shape index (κ3) is 4.65. The minimum Gasteiger partial charge on any atom is -0.493 e. The molecule has 1 aromatic heterocycles. The van der Waals surface area contributed by atoms with Crippen molar-refractivity contribution in [3.05, 3.63) is 55.6 Å². The molecule has 0 atom stereocenters. The fourth-order valence-corrected chi connectivity index (χ4v) is 4.84. The molecule has 0 aliphatic carbocycles. The van der Waals surface area contributed by atoms with E-state index in [1.807, 2.05) is 23.6 Å². The maximum Gasteiger partial charge on any atom is 0.279 e. The molecule has 0 aliphatic heterocycles. The number of rotatable bonds is 7. The van der Waals surface area contributed by atoms with Gasteiger partial charge in [-0.1, -0.05) is 36.2 Å². The number of ether oxygens (including phenoxy) is 3. The van der Waals surface area contributed by atoms with E-state index in [9.17, 15) is 4.79 Å². The van der Waals surface area contributed by atoms with Crippen molar-refractivity contribution in [3.63, 3.8) is 0 Å². The van der Waals surface area contributed by atoms with Gasteiger partial charge in [-0.15, -0.1) is 11.3 Å². The Kier molecular flexibility index (Phi) is 7.87. The lowest BCUT2D eigenvalue weighted by molar-refractivity contribution is 0.0997. The number of carbonyl (C=O) groups excluding carboxylic acids is 1. The number of aryl methyl sites for hydroxylation is 1. The van der Waals surface area contributed by atoms with Crippen molar-refractivity contribution in [1.29, 1.82) is 0 Å². The van der Waals surface area contributed by atoms with Crippen LogP contribution in [0.1, 0.15) is 29.1 Å². The largest absolute Gasteiger partial charge is 0.493 e. The topological polar surface area (TPSA) is 62.1 Å². The highest BCUT2D eigenvalue weighted by Gasteiger charge is 2.19. The summed E-state index contributed by atoms with van der Waals surface area (Å²) in [6.07, 6.45) is 0.786. The molecule has 0 N–H and O–H groups in total. The molecule has 0 radical (unpaired) electrons. The Bertz CT molecular complexity index is 1190. The van der Waals surface area contributed by atoms with E-state index in [2.05, 4.69) is 11.9 Å². The van der Waals surface area contributed by atoms with Gasteiger partial charge in [0.15, 0.2) is 16.3 Å². The maximum atomic E-state index is 13.1. The van der Waals surface area contributed by atoms with Crippen molar-refractivity contribution in [2.75, 3.05) is 21.3 Å². The van der Waals surface area contributed by atoms with Gasteiger partial charge in [0.05, 0.1) is 37.1 Å². The Morgan fingerprint density at radius 1 is 1.00 bits per heavy atom. The molecule has 0 spiro atoms. The van der Waals surface area contributed by atoms with Crippen molar-refractivity contribution in [3.8, 4) is 28.5 Å². The van der Waals surface area contributed by atoms with Gasteiger partial charge < -0.3 is 18.8 Å². The minimum atomic E-state index is -0.406. The zero-order valence-electron chi connectivity index (χ0n) is 18.5. The fraction of sp³-hybridized carbons (Fsp3) is 0.304. The number of benzene rings is 2. The van der Waals surface area contributed by atoms with Crippen molar-refractivity contribution in [2.45, 2.75) is 26.8 Å². The summed E-state index contributed by atoms with van der Waals surface area (Å²) < 4.78 is 18.1. The summed E-state index contributed by atoms with van der Waals surface area (Å²) in [4.78, 5) is 19.2. The highest BCUT2D eigenvalue weighted by molar-refractivity contribution is 7.09. The van der Waals surface area contributed by atoms with Crippen molar-refractivity contribution >= 4 is 40.4 Å². The second-order valence-corrected chi connectivity index (χ2v) is 8.59. The number of thiazole rings is 1.